The number of hydrogen-bond donors (Lipinski definition) is 1. The zero-order valence-corrected chi connectivity index (χ0v) is 7.08. The summed E-state index contributed by atoms with van der Waals surface area (Å²) < 4.78 is 0. The third kappa shape index (κ3) is 1.93. The summed E-state index contributed by atoms with van der Waals surface area (Å²) in [6, 6.07) is 0. The van der Waals surface area contributed by atoms with E-state index in [1.807, 2.05) is 0 Å². The Kier molecular flexibility index (Phi) is 2.49. The molecule has 1 unspecified atom stereocenters. The summed E-state index contributed by atoms with van der Waals surface area (Å²) in [5.74, 6) is 0.508. The second-order valence-electron chi connectivity index (χ2n) is 3.58. The highest BCUT2D eigenvalue weighted by atomic mass is 16.5. The molecule has 1 rings (SSSR count). The molecule has 1 aliphatic heterocycles. The lowest BCUT2D eigenvalue weighted by Gasteiger charge is -2.10. The largest absolute Gasteiger partial charge is 0.286 e. The van der Waals surface area contributed by atoms with E-state index in [9.17, 15) is 4.79 Å². The Labute approximate surface area is 67.0 Å². The van der Waals surface area contributed by atoms with Crippen LogP contribution in [0.4, 0.5) is 0 Å². The number of hydroxylamine groups is 2. The molecule has 0 aliphatic carbocycles. The Hall–Kier alpha value is -0.570. The van der Waals surface area contributed by atoms with Crippen molar-refractivity contribution >= 4 is 5.91 Å². The summed E-state index contributed by atoms with van der Waals surface area (Å²) in [4.78, 5) is 11.1. The fourth-order valence-corrected chi connectivity index (χ4v) is 1.51. The van der Waals surface area contributed by atoms with E-state index >= 15 is 0 Å². The van der Waals surface area contributed by atoms with Crippen molar-refractivity contribution in [2.24, 2.45) is 11.8 Å². The summed E-state index contributed by atoms with van der Waals surface area (Å²) in [6.07, 6.45) is 1.71. The highest BCUT2D eigenvalue weighted by molar-refractivity contribution is 5.79. The van der Waals surface area contributed by atoms with Gasteiger partial charge in [0.2, 0.25) is 5.91 Å². The molecule has 0 saturated carbocycles. The lowest BCUT2D eigenvalue weighted by Crippen LogP contribution is -2.23. The van der Waals surface area contributed by atoms with Crippen LogP contribution in [0.15, 0.2) is 0 Å². The summed E-state index contributed by atoms with van der Waals surface area (Å²) in [5.41, 5.74) is 0. The minimum Gasteiger partial charge on any atom is -0.286 e. The van der Waals surface area contributed by atoms with Crippen molar-refractivity contribution in [3.63, 3.8) is 0 Å². The predicted molar refractivity (Wildman–Crippen MR) is 41.1 cm³/mol. The Balaban J connectivity index is 2.42. The third-order valence-electron chi connectivity index (χ3n) is 2.05. The number of nitrogens with zero attached hydrogens (tertiary/aromatic N) is 1. The topological polar surface area (TPSA) is 40.5 Å². The average molecular weight is 157 g/mol. The maximum Gasteiger partial charge on any atom is 0.249 e. The molecular weight excluding hydrogens is 142 g/mol. The smallest absolute Gasteiger partial charge is 0.249 e. The van der Waals surface area contributed by atoms with Gasteiger partial charge in [0.15, 0.2) is 0 Å². The zero-order valence-electron chi connectivity index (χ0n) is 7.08. The molecule has 0 bridgehead atoms. The highest BCUT2D eigenvalue weighted by Gasteiger charge is 2.30. The van der Waals surface area contributed by atoms with Crippen molar-refractivity contribution in [2.45, 2.75) is 26.7 Å². The summed E-state index contributed by atoms with van der Waals surface area (Å²) in [6.45, 7) is 4.69. The molecule has 64 valence electrons. The molecule has 0 radical (unpaired) electrons. The van der Waals surface area contributed by atoms with Gasteiger partial charge in [0, 0.05) is 12.5 Å². The van der Waals surface area contributed by atoms with Crippen molar-refractivity contribution in [3.8, 4) is 0 Å². The van der Waals surface area contributed by atoms with Crippen molar-refractivity contribution in [3.05, 3.63) is 0 Å². The Morgan fingerprint density at radius 3 is 2.73 bits per heavy atom. The first kappa shape index (κ1) is 8.53. The van der Waals surface area contributed by atoms with Gasteiger partial charge < -0.3 is 0 Å². The molecule has 0 aromatic heterocycles. The summed E-state index contributed by atoms with van der Waals surface area (Å²) in [7, 11) is 0. The molecule has 3 nitrogen and oxygen atoms in total. The van der Waals surface area contributed by atoms with Crippen LogP contribution >= 0.6 is 0 Å². The molecule has 0 aromatic carbocycles. The number of amides is 1. The minimum atomic E-state index is -0.0984. The average Bonchev–Trinajstić information content (AvgIpc) is 2.18. The van der Waals surface area contributed by atoms with E-state index in [0.717, 1.165) is 17.9 Å². The minimum absolute atomic E-state index is 0.0694. The maximum absolute atomic E-state index is 11.1. The van der Waals surface area contributed by atoms with Crippen LogP contribution in [0.2, 0.25) is 0 Å². The van der Waals surface area contributed by atoms with Crippen LogP contribution in [0, 0.1) is 11.8 Å². The van der Waals surface area contributed by atoms with Crippen molar-refractivity contribution < 1.29 is 10.0 Å². The van der Waals surface area contributed by atoms with E-state index in [1.165, 1.54) is 0 Å². The molecule has 0 aromatic rings. The van der Waals surface area contributed by atoms with Gasteiger partial charge in [0.25, 0.3) is 0 Å². The van der Waals surface area contributed by atoms with Gasteiger partial charge in [0.05, 0.1) is 0 Å². The molecule has 1 saturated heterocycles. The van der Waals surface area contributed by atoms with Gasteiger partial charge in [0.1, 0.15) is 0 Å². The van der Waals surface area contributed by atoms with E-state index in [4.69, 9.17) is 5.21 Å². The van der Waals surface area contributed by atoms with Gasteiger partial charge in [-0.05, 0) is 18.8 Å². The fraction of sp³-hybridized carbons (Fsp3) is 0.875. The highest BCUT2D eigenvalue weighted by Crippen LogP contribution is 2.22. The lowest BCUT2D eigenvalue weighted by atomic mass is 9.96. The molecule has 1 heterocycles. The van der Waals surface area contributed by atoms with Crippen molar-refractivity contribution in [1.82, 2.24) is 5.06 Å². The molecule has 1 fully saturated rings. The standard InChI is InChI=1S/C8H15NO2/c1-6(2)5-7-3-4-9(11)8(7)10/h6-7,11H,3-5H2,1-2H3. The van der Waals surface area contributed by atoms with Crippen LogP contribution in [0.3, 0.4) is 0 Å². The second-order valence-corrected chi connectivity index (χ2v) is 3.58. The van der Waals surface area contributed by atoms with E-state index in [2.05, 4.69) is 13.8 Å². The monoisotopic (exact) mass is 157 g/mol. The number of rotatable bonds is 2. The van der Waals surface area contributed by atoms with E-state index < -0.39 is 0 Å². The van der Waals surface area contributed by atoms with Gasteiger partial charge in [-0.2, -0.15) is 0 Å². The molecule has 1 amide bonds. The van der Waals surface area contributed by atoms with Crippen LogP contribution in [0.5, 0.6) is 0 Å². The molecule has 0 spiro atoms. The van der Waals surface area contributed by atoms with Gasteiger partial charge >= 0.3 is 0 Å². The number of carbonyl (C=O) groups excluding carboxylic acids is 1. The van der Waals surface area contributed by atoms with Gasteiger partial charge in [-0.15, -0.1) is 0 Å². The normalized spacial score (nSPS) is 25.3. The predicted octanol–water partition coefficient (Wildman–Crippen LogP) is 1.27. The molecule has 1 aliphatic rings. The Morgan fingerprint density at radius 1 is 1.73 bits per heavy atom. The lowest BCUT2D eigenvalue weighted by molar-refractivity contribution is -0.160. The van der Waals surface area contributed by atoms with Crippen molar-refractivity contribution in [2.75, 3.05) is 6.54 Å². The van der Waals surface area contributed by atoms with Gasteiger partial charge in [-0.25, -0.2) is 5.06 Å². The molecule has 1 N–H and O–H groups in total. The third-order valence-corrected chi connectivity index (χ3v) is 2.05. The summed E-state index contributed by atoms with van der Waals surface area (Å²) in [5, 5.41) is 9.81. The first-order chi connectivity index (χ1) is 5.11. The number of carbonyl (C=O) groups is 1. The molecular formula is C8H15NO2. The molecule has 11 heavy (non-hydrogen) atoms. The molecule has 1 atom stereocenters. The zero-order chi connectivity index (χ0) is 8.43. The quantitative estimate of drug-likeness (QED) is 0.613. The number of hydrogen-bond acceptors (Lipinski definition) is 2. The van der Waals surface area contributed by atoms with Crippen LogP contribution in [0.1, 0.15) is 26.7 Å². The van der Waals surface area contributed by atoms with Crippen LogP contribution < -0.4 is 0 Å². The maximum atomic E-state index is 11.1. The second kappa shape index (κ2) is 3.22. The van der Waals surface area contributed by atoms with Gasteiger partial charge in [-0.3, -0.25) is 10.0 Å². The first-order valence-corrected chi connectivity index (χ1v) is 4.11. The van der Waals surface area contributed by atoms with E-state index in [0.29, 0.717) is 12.5 Å². The first-order valence-electron chi connectivity index (χ1n) is 4.11. The van der Waals surface area contributed by atoms with Crippen LogP contribution in [-0.4, -0.2) is 22.7 Å². The SMILES string of the molecule is CC(C)CC1CCN(O)C1=O. The van der Waals surface area contributed by atoms with Gasteiger partial charge in [-0.1, -0.05) is 13.8 Å². The van der Waals surface area contributed by atoms with Crippen molar-refractivity contribution in [1.29, 1.82) is 0 Å². The van der Waals surface area contributed by atoms with Crippen LogP contribution in [-0.2, 0) is 4.79 Å². The Morgan fingerprint density at radius 2 is 2.36 bits per heavy atom. The van der Waals surface area contributed by atoms with Crippen LogP contribution in [0.25, 0.3) is 0 Å². The van der Waals surface area contributed by atoms with E-state index in [-0.39, 0.29) is 11.8 Å². The molecule has 3 heteroatoms. The summed E-state index contributed by atoms with van der Waals surface area (Å²) >= 11 is 0. The Bertz CT molecular complexity index is 156. The van der Waals surface area contributed by atoms with E-state index in [1.54, 1.807) is 0 Å². The fourth-order valence-electron chi connectivity index (χ4n) is 1.51.